The second kappa shape index (κ2) is 4.54. The van der Waals surface area contributed by atoms with E-state index in [9.17, 15) is 9.90 Å². The Bertz CT molecular complexity index is 863. The van der Waals surface area contributed by atoms with Crippen molar-refractivity contribution >= 4 is 34.5 Å². The number of amides is 1. The van der Waals surface area contributed by atoms with Crippen molar-refractivity contribution in [2.75, 3.05) is 5.32 Å². The van der Waals surface area contributed by atoms with Gasteiger partial charge < -0.3 is 15.4 Å². The maximum absolute atomic E-state index is 11.4. The molecule has 8 heteroatoms. The second-order valence-corrected chi connectivity index (χ2v) is 5.59. The molecular weight excluding hydrogens is 290 g/mol. The van der Waals surface area contributed by atoms with Crippen molar-refractivity contribution in [3.8, 4) is 0 Å². The van der Waals surface area contributed by atoms with Gasteiger partial charge in [-0.1, -0.05) is 17.8 Å². The van der Waals surface area contributed by atoms with E-state index in [2.05, 4.69) is 25.3 Å². The van der Waals surface area contributed by atoms with Gasteiger partial charge in [0.25, 0.3) is 5.91 Å². The first-order chi connectivity index (χ1) is 10.2. The van der Waals surface area contributed by atoms with E-state index in [1.165, 1.54) is 18.1 Å². The highest BCUT2D eigenvalue weighted by atomic mass is 32.2. The van der Waals surface area contributed by atoms with E-state index < -0.39 is 12.0 Å². The van der Waals surface area contributed by atoms with Crippen LogP contribution < -0.4 is 5.32 Å². The summed E-state index contributed by atoms with van der Waals surface area (Å²) in [4.78, 5) is 27.7. The molecule has 1 unspecified atom stereocenters. The maximum Gasteiger partial charge on any atom is 0.257 e. The summed E-state index contributed by atoms with van der Waals surface area (Å²) in [7, 11) is 0. The number of aliphatic hydroxyl groups excluding tert-OH is 1. The Balaban J connectivity index is 1.71. The van der Waals surface area contributed by atoms with Crippen LogP contribution in [0.5, 0.6) is 0 Å². The first kappa shape index (κ1) is 12.3. The van der Waals surface area contributed by atoms with Gasteiger partial charge >= 0.3 is 0 Å². The second-order valence-electron chi connectivity index (χ2n) is 4.52. The number of aromatic nitrogens is 4. The zero-order valence-corrected chi connectivity index (χ0v) is 11.4. The molecule has 1 aliphatic heterocycles. The summed E-state index contributed by atoms with van der Waals surface area (Å²) in [6, 6.07) is 5.40. The van der Waals surface area contributed by atoms with Crippen molar-refractivity contribution in [1.82, 2.24) is 19.9 Å². The number of hydrogen-bond acceptors (Lipinski definition) is 6. The van der Waals surface area contributed by atoms with Gasteiger partial charge in [0, 0.05) is 16.1 Å². The standard InChI is InChI=1S/C13H9N5O2S/c19-10-7-2-1-6(3-8(7)18-12(10)20)21-13-9-11(15-4-14-9)16-5-17-13/h1-5,10,19H,(H,18,20)(H,14,15,16,17). The minimum atomic E-state index is -1.09. The smallest absolute Gasteiger partial charge is 0.257 e. The molecule has 1 aromatic carbocycles. The number of imidazole rings is 1. The molecule has 0 saturated carbocycles. The highest BCUT2D eigenvalue weighted by Crippen LogP contribution is 2.36. The molecule has 1 atom stereocenters. The Morgan fingerprint density at radius 3 is 3.05 bits per heavy atom. The van der Waals surface area contributed by atoms with Crippen LogP contribution in [0.1, 0.15) is 11.7 Å². The van der Waals surface area contributed by atoms with Gasteiger partial charge in [0.05, 0.1) is 6.33 Å². The summed E-state index contributed by atoms with van der Waals surface area (Å²) in [6.07, 6.45) is 1.95. The lowest BCUT2D eigenvalue weighted by atomic mass is 10.1. The number of carbonyl (C=O) groups excluding carboxylic acids is 1. The van der Waals surface area contributed by atoms with E-state index in [1.54, 1.807) is 12.4 Å². The molecule has 7 nitrogen and oxygen atoms in total. The zero-order chi connectivity index (χ0) is 14.4. The highest BCUT2D eigenvalue weighted by Gasteiger charge is 2.28. The molecule has 4 rings (SSSR count). The van der Waals surface area contributed by atoms with Crippen LogP contribution in [0.3, 0.4) is 0 Å². The molecule has 3 aromatic rings. The molecule has 0 bridgehead atoms. The van der Waals surface area contributed by atoms with E-state index in [0.29, 0.717) is 16.9 Å². The van der Waals surface area contributed by atoms with Crippen LogP contribution in [0.25, 0.3) is 11.2 Å². The van der Waals surface area contributed by atoms with Gasteiger partial charge in [-0.2, -0.15) is 0 Å². The van der Waals surface area contributed by atoms with Crippen molar-refractivity contribution in [2.45, 2.75) is 16.0 Å². The molecule has 0 saturated heterocycles. The summed E-state index contributed by atoms with van der Waals surface area (Å²) in [6.45, 7) is 0. The lowest BCUT2D eigenvalue weighted by Gasteiger charge is -2.05. The van der Waals surface area contributed by atoms with Crippen molar-refractivity contribution in [3.63, 3.8) is 0 Å². The van der Waals surface area contributed by atoms with Crippen molar-refractivity contribution < 1.29 is 9.90 Å². The summed E-state index contributed by atoms with van der Waals surface area (Å²) < 4.78 is 0. The minimum Gasteiger partial charge on any atom is -0.378 e. The van der Waals surface area contributed by atoms with E-state index in [4.69, 9.17) is 0 Å². The number of hydrogen-bond donors (Lipinski definition) is 3. The summed E-state index contributed by atoms with van der Waals surface area (Å²) in [5.74, 6) is -0.398. The van der Waals surface area contributed by atoms with Gasteiger partial charge in [-0.3, -0.25) is 4.79 Å². The average Bonchev–Trinajstić information content (AvgIpc) is 3.05. The van der Waals surface area contributed by atoms with Gasteiger partial charge in [0.1, 0.15) is 16.9 Å². The lowest BCUT2D eigenvalue weighted by molar-refractivity contribution is -0.123. The monoisotopic (exact) mass is 299 g/mol. The molecule has 2 aromatic heterocycles. The highest BCUT2D eigenvalue weighted by molar-refractivity contribution is 7.99. The number of nitrogens with one attached hydrogen (secondary N) is 2. The number of nitrogens with zero attached hydrogens (tertiary/aromatic N) is 3. The van der Waals surface area contributed by atoms with Gasteiger partial charge in [-0.05, 0) is 12.1 Å². The Hall–Kier alpha value is -2.45. The Kier molecular flexibility index (Phi) is 2.66. The number of carbonyl (C=O) groups is 1. The largest absolute Gasteiger partial charge is 0.378 e. The predicted molar refractivity (Wildman–Crippen MR) is 75.8 cm³/mol. The van der Waals surface area contributed by atoms with E-state index in [-0.39, 0.29) is 0 Å². The maximum atomic E-state index is 11.4. The Labute approximate surface area is 122 Å². The molecular formula is C13H9N5O2S. The number of H-pyrrole nitrogens is 1. The SMILES string of the molecule is O=C1Nc2cc(Sc3ncnc4nc[nH]c34)ccc2C1O. The van der Waals surface area contributed by atoms with E-state index in [1.807, 2.05) is 12.1 Å². The molecule has 0 radical (unpaired) electrons. The fourth-order valence-electron chi connectivity index (χ4n) is 2.22. The third-order valence-electron chi connectivity index (χ3n) is 3.23. The van der Waals surface area contributed by atoms with Gasteiger partial charge in [-0.15, -0.1) is 0 Å². The van der Waals surface area contributed by atoms with Gasteiger partial charge in [-0.25, -0.2) is 15.0 Å². The molecule has 3 N–H and O–H groups in total. The average molecular weight is 299 g/mol. The van der Waals surface area contributed by atoms with Gasteiger partial charge in [0.2, 0.25) is 0 Å². The molecule has 3 heterocycles. The minimum absolute atomic E-state index is 0.398. The predicted octanol–water partition coefficient (Wildman–Crippen LogP) is 1.49. The van der Waals surface area contributed by atoms with Crippen LogP contribution in [-0.4, -0.2) is 30.9 Å². The lowest BCUT2D eigenvalue weighted by Crippen LogP contribution is -2.10. The number of fused-ring (bicyclic) bond motifs is 2. The topological polar surface area (TPSA) is 104 Å². The third-order valence-corrected chi connectivity index (χ3v) is 4.22. The summed E-state index contributed by atoms with van der Waals surface area (Å²) >= 11 is 1.43. The van der Waals surface area contributed by atoms with Crippen LogP contribution in [-0.2, 0) is 4.79 Å². The fraction of sp³-hybridized carbons (Fsp3) is 0.0769. The quantitative estimate of drug-likeness (QED) is 0.619. The van der Waals surface area contributed by atoms with Crippen molar-refractivity contribution in [1.29, 1.82) is 0 Å². The number of aliphatic hydroxyl groups is 1. The van der Waals surface area contributed by atoms with E-state index >= 15 is 0 Å². The molecule has 0 fully saturated rings. The number of aromatic amines is 1. The normalized spacial score (nSPS) is 17.0. The van der Waals surface area contributed by atoms with Crippen molar-refractivity contribution in [2.24, 2.45) is 0 Å². The van der Waals surface area contributed by atoms with Crippen LogP contribution in [0, 0.1) is 0 Å². The fourth-order valence-corrected chi connectivity index (χ4v) is 3.11. The number of benzene rings is 1. The summed E-state index contributed by atoms with van der Waals surface area (Å²) in [5.41, 5.74) is 2.61. The Morgan fingerprint density at radius 2 is 2.14 bits per heavy atom. The van der Waals surface area contributed by atoms with Crippen LogP contribution in [0.4, 0.5) is 5.69 Å². The first-order valence-electron chi connectivity index (χ1n) is 6.17. The first-order valence-corrected chi connectivity index (χ1v) is 6.99. The van der Waals surface area contributed by atoms with Gasteiger partial charge in [0.15, 0.2) is 11.8 Å². The van der Waals surface area contributed by atoms with Crippen molar-refractivity contribution in [3.05, 3.63) is 36.4 Å². The van der Waals surface area contributed by atoms with Crippen LogP contribution in [0.15, 0.2) is 40.8 Å². The summed E-state index contributed by atoms with van der Waals surface area (Å²) in [5, 5.41) is 13.1. The molecule has 0 spiro atoms. The molecule has 0 aliphatic carbocycles. The number of rotatable bonds is 2. The van der Waals surface area contributed by atoms with E-state index in [0.717, 1.165) is 15.4 Å². The van der Waals surface area contributed by atoms with Crippen LogP contribution >= 0.6 is 11.8 Å². The van der Waals surface area contributed by atoms with Crippen LogP contribution in [0.2, 0.25) is 0 Å². The molecule has 21 heavy (non-hydrogen) atoms. The molecule has 1 amide bonds. The third kappa shape index (κ3) is 1.96. The zero-order valence-electron chi connectivity index (χ0n) is 10.6. The number of anilines is 1. The molecule has 1 aliphatic rings. The Morgan fingerprint density at radius 1 is 1.24 bits per heavy atom. The molecule has 104 valence electrons.